The SMILES string of the molecule is Cc1ccc(NC(=O)CSc2nc(-c3ccc(Cl)cc3)cc(C(F)(F)F)n2)cc1[N+](=O)[O-]. The maximum atomic E-state index is 13.3. The first-order valence-electron chi connectivity index (χ1n) is 8.93. The third-order valence-electron chi connectivity index (χ3n) is 4.16. The molecule has 1 N–H and O–H groups in total. The van der Waals surface area contributed by atoms with Crippen LogP contribution in [0.5, 0.6) is 0 Å². The number of alkyl halides is 3. The summed E-state index contributed by atoms with van der Waals surface area (Å²) in [7, 11) is 0. The summed E-state index contributed by atoms with van der Waals surface area (Å²) < 4.78 is 39.9. The standard InChI is InChI=1S/C20H14ClF3N4O3S/c1-11-2-7-14(8-16(11)28(30)31)25-18(29)10-32-19-26-15(9-17(27-19)20(22,23)24)12-3-5-13(21)6-4-12/h2-9H,10H2,1H3,(H,25,29). The number of amides is 1. The number of thioether (sulfide) groups is 1. The number of hydrogen-bond donors (Lipinski definition) is 1. The molecule has 0 saturated heterocycles. The third-order valence-corrected chi connectivity index (χ3v) is 5.26. The Morgan fingerprint density at radius 3 is 2.47 bits per heavy atom. The smallest absolute Gasteiger partial charge is 0.325 e. The zero-order valence-corrected chi connectivity index (χ0v) is 17.9. The molecule has 12 heteroatoms. The van der Waals surface area contributed by atoms with Crippen molar-refractivity contribution in [1.82, 2.24) is 9.97 Å². The summed E-state index contributed by atoms with van der Waals surface area (Å²) in [6.45, 7) is 1.56. The molecule has 0 bridgehead atoms. The van der Waals surface area contributed by atoms with Crippen LogP contribution in [0.1, 0.15) is 11.3 Å². The molecular weight excluding hydrogens is 469 g/mol. The normalized spacial score (nSPS) is 11.3. The Hall–Kier alpha value is -3.18. The third kappa shape index (κ3) is 5.95. The van der Waals surface area contributed by atoms with Crippen molar-refractivity contribution >= 4 is 40.6 Å². The summed E-state index contributed by atoms with van der Waals surface area (Å²) in [6.07, 6.45) is -4.71. The molecule has 0 atom stereocenters. The molecule has 7 nitrogen and oxygen atoms in total. The van der Waals surface area contributed by atoms with Gasteiger partial charge in [0.25, 0.3) is 5.69 Å². The van der Waals surface area contributed by atoms with Gasteiger partial charge in [-0.25, -0.2) is 9.97 Å². The molecule has 166 valence electrons. The van der Waals surface area contributed by atoms with E-state index in [9.17, 15) is 28.1 Å². The molecule has 0 aliphatic heterocycles. The molecule has 1 aromatic heterocycles. The number of nitro groups is 1. The van der Waals surface area contributed by atoms with Crippen LogP contribution < -0.4 is 5.32 Å². The monoisotopic (exact) mass is 482 g/mol. The highest BCUT2D eigenvalue weighted by Crippen LogP contribution is 2.32. The molecule has 3 aromatic rings. The fourth-order valence-corrected chi connectivity index (χ4v) is 3.40. The highest BCUT2D eigenvalue weighted by atomic mass is 35.5. The number of nitrogens with zero attached hydrogens (tertiary/aromatic N) is 3. The second-order valence-electron chi connectivity index (χ2n) is 6.52. The molecule has 0 spiro atoms. The highest BCUT2D eigenvalue weighted by molar-refractivity contribution is 7.99. The molecule has 1 amide bonds. The van der Waals surface area contributed by atoms with Crippen molar-refractivity contribution in [1.29, 1.82) is 0 Å². The van der Waals surface area contributed by atoms with Crippen LogP contribution in [-0.2, 0) is 11.0 Å². The van der Waals surface area contributed by atoms with Crippen molar-refractivity contribution in [2.24, 2.45) is 0 Å². The fraction of sp³-hybridized carbons (Fsp3) is 0.150. The second kappa shape index (κ2) is 9.53. The Labute approximate surface area is 189 Å². The number of halogens is 4. The van der Waals surface area contributed by atoms with Gasteiger partial charge in [-0.2, -0.15) is 13.2 Å². The quantitative estimate of drug-likeness (QED) is 0.207. The van der Waals surface area contributed by atoms with Crippen LogP contribution in [0.2, 0.25) is 5.02 Å². The van der Waals surface area contributed by atoms with Crippen LogP contribution in [0.4, 0.5) is 24.5 Å². The topological polar surface area (TPSA) is 98.0 Å². The van der Waals surface area contributed by atoms with Gasteiger partial charge in [-0.05, 0) is 31.2 Å². The van der Waals surface area contributed by atoms with Crippen LogP contribution >= 0.6 is 23.4 Å². The first-order chi connectivity index (χ1) is 15.0. The number of nitro benzene ring substituents is 1. The van der Waals surface area contributed by atoms with E-state index in [1.165, 1.54) is 42.5 Å². The second-order valence-corrected chi connectivity index (χ2v) is 7.90. The predicted octanol–water partition coefficient (Wildman–Crippen LogP) is 5.76. The number of aryl methyl sites for hydroxylation is 1. The molecular formula is C20H14ClF3N4O3S. The van der Waals surface area contributed by atoms with Gasteiger partial charge in [0.05, 0.1) is 16.4 Å². The van der Waals surface area contributed by atoms with Gasteiger partial charge >= 0.3 is 6.18 Å². The van der Waals surface area contributed by atoms with Crippen molar-refractivity contribution < 1.29 is 22.9 Å². The Morgan fingerprint density at radius 2 is 1.84 bits per heavy atom. The number of nitrogens with one attached hydrogen (secondary N) is 1. The van der Waals surface area contributed by atoms with Gasteiger partial charge in [-0.15, -0.1) is 0 Å². The minimum atomic E-state index is -4.71. The first kappa shape index (κ1) is 23.5. The molecule has 1 heterocycles. The number of aromatic nitrogens is 2. The molecule has 32 heavy (non-hydrogen) atoms. The van der Waals surface area contributed by atoms with Crippen LogP contribution in [0.3, 0.4) is 0 Å². The zero-order valence-electron chi connectivity index (χ0n) is 16.3. The van der Waals surface area contributed by atoms with Gasteiger partial charge < -0.3 is 5.32 Å². The van der Waals surface area contributed by atoms with E-state index in [4.69, 9.17) is 11.6 Å². The number of carbonyl (C=O) groups is 1. The maximum absolute atomic E-state index is 13.3. The molecule has 2 aromatic carbocycles. The summed E-state index contributed by atoms with van der Waals surface area (Å²) in [5.41, 5.74) is -0.255. The van der Waals surface area contributed by atoms with Gasteiger partial charge in [0.1, 0.15) is 5.69 Å². The van der Waals surface area contributed by atoms with Gasteiger partial charge in [0.2, 0.25) is 5.91 Å². The lowest BCUT2D eigenvalue weighted by Crippen LogP contribution is -2.15. The van der Waals surface area contributed by atoms with Gasteiger partial charge in [-0.1, -0.05) is 41.6 Å². The van der Waals surface area contributed by atoms with E-state index in [1.807, 2.05) is 0 Å². The van der Waals surface area contributed by atoms with Gasteiger partial charge in [-0.3, -0.25) is 14.9 Å². The highest BCUT2D eigenvalue weighted by Gasteiger charge is 2.34. The summed E-state index contributed by atoms with van der Waals surface area (Å²) >= 11 is 6.53. The molecule has 0 aliphatic carbocycles. The molecule has 0 aliphatic rings. The number of rotatable bonds is 6. The average Bonchev–Trinajstić information content (AvgIpc) is 2.73. The lowest BCUT2D eigenvalue weighted by molar-refractivity contribution is -0.385. The maximum Gasteiger partial charge on any atom is 0.433 e. The van der Waals surface area contributed by atoms with Crippen molar-refractivity contribution in [3.05, 3.63) is 74.9 Å². The molecule has 0 fully saturated rings. The van der Waals surface area contributed by atoms with E-state index in [0.29, 0.717) is 27.9 Å². The van der Waals surface area contributed by atoms with Crippen molar-refractivity contribution in [2.75, 3.05) is 11.1 Å². The van der Waals surface area contributed by atoms with Crippen molar-refractivity contribution in [3.63, 3.8) is 0 Å². The van der Waals surface area contributed by atoms with E-state index in [1.54, 1.807) is 6.92 Å². The largest absolute Gasteiger partial charge is 0.433 e. The summed E-state index contributed by atoms with van der Waals surface area (Å²) in [6, 6.07) is 11.1. The molecule has 0 unspecified atom stereocenters. The molecule has 0 radical (unpaired) electrons. The average molecular weight is 483 g/mol. The van der Waals surface area contributed by atoms with Crippen molar-refractivity contribution in [3.8, 4) is 11.3 Å². The fourth-order valence-electron chi connectivity index (χ4n) is 2.61. The Bertz CT molecular complexity index is 1170. The van der Waals surface area contributed by atoms with Gasteiger partial charge in [0.15, 0.2) is 5.16 Å². The van der Waals surface area contributed by atoms with E-state index in [2.05, 4.69) is 15.3 Å². The van der Waals surface area contributed by atoms with Crippen LogP contribution in [0.15, 0.2) is 53.7 Å². The number of benzene rings is 2. The number of hydrogen-bond acceptors (Lipinski definition) is 6. The van der Waals surface area contributed by atoms with Gasteiger partial charge in [0, 0.05) is 27.9 Å². The van der Waals surface area contributed by atoms with E-state index in [0.717, 1.165) is 6.07 Å². The van der Waals surface area contributed by atoms with E-state index < -0.39 is 22.7 Å². The number of anilines is 1. The van der Waals surface area contributed by atoms with Crippen molar-refractivity contribution in [2.45, 2.75) is 18.3 Å². The van der Waals surface area contributed by atoms with E-state index in [-0.39, 0.29) is 28.0 Å². The summed E-state index contributed by atoms with van der Waals surface area (Å²) in [4.78, 5) is 30.3. The van der Waals surface area contributed by atoms with Crippen LogP contribution in [0.25, 0.3) is 11.3 Å². The Morgan fingerprint density at radius 1 is 1.16 bits per heavy atom. The molecule has 3 rings (SSSR count). The lowest BCUT2D eigenvalue weighted by Gasteiger charge is -2.11. The number of carbonyl (C=O) groups excluding carboxylic acids is 1. The summed E-state index contributed by atoms with van der Waals surface area (Å²) in [5.74, 6) is -0.884. The van der Waals surface area contributed by atoms with Crippen LogP contribution in [0, 0.1) is 17.0 Å². The van der Waals surface area contributed by atoms with E-state index >= 15 is 0 Å². The predicted molar refractivity (Wildman–Crippen MR) is 115 cm³/mol. The zero-order chi connectivity index (χ0) is 23.5. The Balaban J connectivity index is 1.78. The molecule has 0 saturated carbocycles. The Kier molecular flexibility index (Phi) is 6.99. The first-order valence-corrected chi connectivity index (χ1v) is 10.3. The van der Waals surface area contributed by atoms with Crippen LogP contribution in [-0.4, -0.2) is 26.6 Å². The summed E-state index contributed by atoms with van der Waals surface area (Å²) in [5, 5.41) is 13.7. The lowest BCUT2D eigenvalue weighted by atomic mass is 10.1. The minimum absolute atomic E-state index is 0.0288. The minimum Gasteiger partial charge on any atom is -0.325 e.